The highest BCUT2D eigenvalue weighted by Crippen LogP contribution is 2.19. The molecular weight excluding hydrogens is 390 g/mol. The van der Waals surface area contributed by atoms with Crippen molar-refractivity contribution >= 4 is 23.0 Å². The lowest BCUT2D eigenvalue weighted by atomic mass is 10.1. The quantitative estimate of drug-likeness (QED) is 0.328. The average molecular weight is 415 g/mol. The zero-order valence-electron chi connectivity index (χ0n) is 16.8. The number of carbonyl (C=O) groups excluding carboxylic acids is 1. The largest absolute Gasteiger partial charge is 0.463 e. The van der Waals surface area contributed by atoms with Gasteiger partial charge in [0, 0.05) is 0 Å². The Morgan fingerprint density at radius 2 is 2.07 bits per heavy atom. The standard InChI is InChI=1S/C20H25N5O5/c1-2-3-8-30-19-23-17(21)16-18(24-19)25(20(28)22-16)12-14-6-4-5-13(10-14)11-15(27)29-9-7-26/h4-6,10,26H,2-3,7-9,11-12H2,1H3,(H,22,28)(H2,21,23,24). The molecule has 0 fully saturated rings. The number of nitrogen functional groups attached to an aromatic ring is 1. The van der Waals surface area contributed by atoms with Gasteiger partial charge in [0.05, 0.1) is 26.2 Å². The van der Waals surface area contributed by atoms with Crippen LogP contribution in [0.5, 0.6) is 6.01 Å². The Labute approximate surface area is 172 Å². The predicted molar refractivity (Wildman–Crippen MR) is 110 cm³/mol. The number of aliphatic hydroxyl groups excluding tert-OH is 1. The van der Waals surface area contributed by atoms with E-state index in [9.17, 15) is 9.59 Å². The lowest BCUT2D eigenvalue weighted by Gasteiger charge is -2.08. The van der Waals surface area contributed by atoms with E-state index in [0.29, 0.717) is 17.8 Å². The molecule has 0 atom stereocenters. The van der Waals surface area contributed by atoms with Crippen molar-refractivity contribution in [3.63, 3.8) is 0 Å². The SMILES string of the molecule is CCCCOc1nc(N)c2[nH]c(=O)n(Cc3cccc(CC(=O)OCCO)c3)c2n1. The van der Waals surface area contributed by atoms with Crippen molar-refractivity contribution in [2.24, 2.45) is 0 Å². The summed E-state index contributed by atoms with van der Waals surface area (Å²) in [6.07, 6.45) is 1.90. The van der Waals surface area contributed by atoms with Crippen molar-refractivity contribution in [2.75, 3.05) is 25.6 Å². The zero-order chi connectivity index (χ0) is 21.5. The molecule has 0 spiro atoms. The van der Waals surface area contributed by atoms with Crippen LogP contribution in [0.1, 0.15) is 30.9 Å². The number of benzene rings is 1. The van der Waals surface area contributed by atoms with E-state index in [-0.39, 0.29) is 43.7 Å². The molecule has 0 saturated carbocycles. The number of unbranched alkanes of at least 4 members (excludes halogenated alkanes) is 1. The number of rotatable bonds is 10. The number of aromatic amines is 1. The summed E-state index contributed by atoms with van der Waals surface area (Å²) in [6.45, 7) is 2.48. The topological polar surface area (TPSA) is 145 Å². The van der Waals surface area contributed by atoms with Gasteiger partial charge in [-0.2, -0.15) is 9.97 Å². The Bertz CT molecular complexity index is 1080. The van der Waals surface area contributed by atoms with Gasteiger partial charge in [-0.3, -0.25) is 9.36 Å². The Balaban J connectivity index is 1.84. The predicted octanol–water partition coefficient (Wildman–Crippen LogP) is 1.01. The maximum Gasteiger partial charge on any atom is 0.328 e. The van der Waals surface area contributed by atoms with Gasteiger partial charge in [-0.25, -0.2) is 4.79 Å². The van der Waals surface area contributed by atoms with Crippen LogP contribution in [-0.2, 0) is 22.5 Å². The van der Waals surface area contributed by atoms with Crippen molar-refractivity contribution in [3.05, 3.63) is 45.9 Å². The molecule has 0 aliphatic carbocycles. The highest BCUT2D eigenvalue weighted by Gasteiger charge is 2.15. The number of esters is 1. The third-order valence-electron chi connectivity index (χ3n) is 4.39. The molecule has 1 aromatic carbocycles. The minimum atomic E-state index is -0.431. The van der Waals surface area contributed by atoms with Crippen LogP contribution in [0.2, 0.25) is 0 Å². The maximum absolute atomic E-state index is 12.5. The summed E-state index contributed by atoms with van der Waals surface area (Å²) in [4.78, 5) is 35.4. The Morgan fingerprint density at radius 1 is 1.27 bits per heavy atom. The molecule has 0 unspecified atom stereocenters. The summed E-state index contributed by atoms with van der Waals surface area (Å²) < 4.78 is 11.9. The summed E-state index contributed by atoms with van der Waals surface area (Å²) >= 11 is 0. The van der Waals surface area contributed by atoms with Crippen LogP contribution in [0.15, 0.2) is 29.1 Å². The molecule has 2 aromatic heterocycles. The van der Waals surface area contributed by atoms with Crippen LogP contribution >= 0.6 is 0 Å². The number of aliphatic hydroxyl groups is 1. The van der Waals surface area contributed by atoms with Crippen molar-refractivity contribution in [2.45, 2.75) is 32.7 Å². The minimum Gasteiger partial charge on any atom is -0.463 e. The fourth-order valence-corrected chi connectivity index (χ4v) is 2.95. The van der Waals surface area contributed by atoms with Gasteiger partial charge in [-0.05, 0) is 17.5 Å². The number of fused-ring (bicyclic) bond motifs is 1. The van der Waals surface area contributed by atoms with Crippen LogP contribution < -0.4 is 16.2 Å². The number of anilines is 1. The molecule has 0 bridgehead atoms. The first-order chi connectivity index (χ1) is 14.5. The summed E-state index contributed by atoms with van der Waals surface area (Å²) in [5.74, 6) is -0.289. The number of H-pyrrole nitrogens is 1. The number of carbonyl (C=O) groups is 1. The molecule has 0 saturated heterocycles. The molecule has 160 valence electrons. The lowest BCUT2D eigenvalue weighted by Crippen LogP contribution is -2.18. The number of hydrogen-bond acceptors (Lipinski definition) is 8. The summed E-state index contributed by atoms with van der Waals surface area (Å²) in [5.41, 5.74) is 7.85. The zero-order valence-corrected chi connectivity index (χ0v) is 16.8. The second kappa shape index (κ2) is 9.88. The van der Waals surface area contributed by atoms with Gasteiger partial charge in [0.2, 0.25) is 0 Å². The van der Waals surface area contributed by atoms with Gasteiger partial charge < -0.3 is 25.3 Å². The molecule has 3 rings (SSSR count). The monoisotopic (exact) mass is 415 g/mol. The molecule has 3 aromatic rings. The molecule has 10 nitrogen and oxygen atoms in total. The second-order valence-electron chi connectivity index (χ2n) is 6.75. The first-order valence-corrected chi connectivity index (χ1v) is 9.75. The molecule has 0 aliphatic rings. The molecule has 4 N–H and O–H groups in total. The van der Waals surface area contributed by atoms with E-state index in [1.807, 2.05) is 19.1 Å². The van der Waals surface area contributed by atoms with Gasteiger partial charge in [-0.15, -0.1) is 0 Å². The molecule has 10 heteroatoms. The third kappa shape index (κ3) is 5.15. The number of imidazole rings is 1. The van der Waals surface area contributed by atoms with Crippen LogP contribution in [0.25, 0.3) is 11.2 Å². The maximum atomic E-state index is 12.5. The molecule has 0 aliphatic heterocycles. The van der Waals surface area contributed by atoms with Gasteiger partial charge in [0.1, 0.15) is 12.1 Å². The first kappa shape index (κ1) is 21.3. The van der Waals surface area contributed by atoms with E-state index in [4.69, 9.17) is 20.3 Å². The summed E-state index contributed by atoms with van der Waals surface area (Å²) in [6, 6.07) is 7.38. The fourth-order valence-electron chi connectivity index (χ4n) is 2.95. The lowest BCUT2D eigenvalue weighted by molar-refractivity contribution is -0.143. The van der Waals surface area contributed by atoms with E-state index in [2.05, 4.69) is 15.0 Å². The van der Waals surface area contributed by atoms with Crippen molar-refractivity contribution in [3.8, 4) is 6.01 Å². The van der Waals surface area contributed by atoms with Crippen molar-refractivity contribution in [1.29, 1.82) is 0 Å². The Kier molecular flexibility index (Phi) is 7.02. The number of hydrogen-bond donors (Lipinski definition) is 3. The second-order valence-corrected chi connectivity index (χ2v) is 6.75. The van der Waals surface area contributed by atoms with Gasteiger partial charge in [0.15, 0.2) is 11.5 Å². The van der Waals surface area contributed by atoms with E-state index >= 15 is 0 Å². The summed E-state index contributed by atoms with van der Waals surface area (Å²) in [5, 5.41) is 8.74. The van der Waals surface area contributed by atoms with Crippen molar-refractivity contribution < 1.29 is 19.4 Å². The molecule has 2 heterocycles. The van der Waals surface area contributed by atoms with E-state index in [1.54, 1.807) is 12.1 Å². The number of nitrogens with zero attached hydrogens (tertiary/aromatic N) is 3. The third-order valence-corrected chi connectivity index (χ3v) is 4.39. The van der Waals surface area contributed by atoms with Gasteiger partial charge in [-0.1, -0.05) is 37.6 Å². The van der Waals surface area contributed by atoms with Crippen molar-refractivity contribution in [1.82, 2.24) is 19.5 Å². The summed E-state index contributed by atoms with van der Waals surface area (Å²) in [7, 11) is 0. The average Bonchev–Trinajstić information content (AvgIpc) is 3.03. The highest BCUT2D eigenvalue weighted by atomic mass is 16.5. The van der Waals surface area contributed by atoms with Crippen LogP contribution in [0, 0.1) is 0 Å². The number of aromatic nitrogens is 4. The normalized spacial score (nSPS) is 11.0. The molecular formula is C20H25N5O5. The fraction of sp³-hybridized carbons (Fsp3) is 0.400. The van der Waals surface area contributed by atoms with E-state index in [1.165, 1.54) is 4.57 Å². The number of nitrogens with two attached hydrogens (primary N) is 1. The van der Waals surface area contributed by atoms with E-state index in [0.717, 1.165) is 24.0 Å². The minimum absolute atomic E-state index is 0.0347. The van der Waals surface area contributed by atoms with Crippen LogP contribution in [0.3, 0.4) is 0 Å². The first-order valence-electron chi connectivity index (χ1n) is 9.75. The Morgan fingerprint density at radius 3 is 2.83 bits per heavy atom. The van der Waals surface area contributed by atoms with Gasteiger partial charge in [0.25, 0.3) is 0 Å². The Hall–Kier alpha value is -3.40. The smallest absolute Gasteiger partial charge is 0.328 e. The van der Waals surface area contributed by atoms with Crippen LogP contribution in [-0.4, -0.2) is 50.4 Å². The number of ether oxygens (including phenoxy) is 2. The highest BCUT2D eigenvalue weighted by molar-refractivity contribution is 5.82. The molecule has 0 amide bonds. The molecule has 0 radical (unpaired) electrons. The van der Waals surface area contributed by atoms with Crippen LogP contribution in [0.4, 0.5) is 5.82 Å². The van der Waals surface area contributed by atoms with E-state index < -0.39 is 5.97 Å². The van der Waals surface area contributed by atoms with Gasteiger partial charge >= 0.3 is 17.7 Å². The molecule has 30 heavy (non-hydrogen) atoms. The number of nitrogens with one attached hydrogen (secondary N) is 1.